The van der Waals surface area contributed by atoms with Crippen molar-refractivity contribution in [3.8, 4) is 5.75 Å². The van der Waals surface area contributed by atoms with E-state index >= 15 is 0 Å². The monoisotopic (exact) mass is 584 g/mol. The first-order chi connectivity index (χ1) is 17.8. The van der Waals surface area contributed by atoms with Gasteiger partial charge in [-0.3, -0.25) is 4.79 Å². The van der Waals surface area contributed by atoms with E-state index in [9.17, 15) is 22.2 Å². The normalized spacial score (nSPS) is 18.8. The summed E-state index contributed by atoms with van der Waals surface area (Å²) in [7, 11) is -1.73. The van der Waals surface area contributed by atoms with Crippen LogP contribution in [0.3, 0.4) is 0 Å². The lowest BCUT2D eigenvalue weighted by molar-refractivity contribution is -0.275. The van der Waals surface area contributed by atoms with Gasteiger partial charge in [0.2, 0.25) is 0 Å². The van der Waals surface area contributed by atoms with Gasteiger partial charge in [-0.25, -0.2) is 4.21 Å². The van der Waals surface area contributed by atoms with Gasteiger partial charge in [-0.15, -0.1) is 0 Å². The lowest BCUT2D eigenvalue weighted by Crippen LogP contribution is -2.42. The second kappa shape index (κ2) is 10.2. The fraction of sp³-hybridized carbons (Fsp3) is 0.231. The molecule has 1 heterocycles. The first-order valence-electron chi connectivity index (χ1n) is 11.1. The van der Waals surface area contributed by atoms with Crippen molar-refractivity contribution in [2.45, 2.75) is 30.0 Å². The second-order valence-electron chi connectivity index (χ2n) is 8.67. The Morgan fingerprint density at radius 2 is 1.76 bits per heavy atom. The first kappa shape index (κ1) is 27.9. The Hall–Kier alpha value is -3.08. The van der Waals surface area contributed by atoms with Gasteiger partial charge in [0.1, 0.15) is 5.75 Å². The van der Waals surface area contributed by atoms with Crippen LogP contribution < -0.4 is 4.74 Å². The topological polar surface area (TPSA) is 77.3 Å². The largest absolute Gasteiger partial charge is 0.495 e. The number of para-hydroxylation sites is 1. The van der Waals surface area contributed by atoms with Crippen molar-refractivity contribution in [1.82, 2.24) is 0 Å². The molecule has 2 unspecified atom stereocenters. The van der Waals surface area contributed by atoms with Gasteiger partial charge < -0.3 is 9.57 Å². The molecule has 3 aromatic carbocycles. The number of rotatable bonds is 5. The molecule has 12 heteroatoms. The molecule has 0 N–H and O–H groups in total. The Labute approximate surface area is 227 Å². The third-order valence-electron chi connectivity index (χ3n) is 6.04. The Kier molecular flexibility index (Phi) is 7.53. The Morgan fingerprint density at radius 1 is 1.11 bits per heavy atom. The third-order valence-corrected chi connectivity index (χ3v) is 8.14. The van der Waals surface area contributed by atoms with Gasteiger partial charge in [0.15, 0.2) is 0 Å². The van der Waals surface area contributed by atoms with Crippen LogP contribution in [0.2, 0.25) is 10.0 Å². The van der Waals surface area contributed by atoms with Crippen molar-refractivity contribution in [2.75, 3.05) is 13.4 Å². The van der Waals surface area contributed by atoms with E-state index < -0.39 is 33.8 Å². The fourth-order valence-corrected chi connectivity index (χ4v) is 6.01. The molecule has 38 heavy (non-hydrogen) atoms. The van der Waals surface area contributed by atoms with E-state index in [0.717, 1.165) is 12.1 Å². The van der Waals surface area contributed by atoms with E-state index in [4.69, 9.17) is 32.8 Å². The maximum Gasteiger partial charge on any atom is 0.435 e. The highest BCUT2D eigenvalue weighted by Gasteiger charge is 2.62. The summed E-state index contributed by atoms with van der Waals surface area (Å²) in [6.45, 7) is 1.59. The zero-order valence-corrected chi connectivity index (χ0v) is 22.6. The van der Waals surface area contributed by atoms with Gasteiger partial charge >= 0.3 is 6.18 Å². The van der Waals surface area contributed by atoms with Gasteiger partial charge in [-0.2, -0.15) is 17.5 Å². The minimum Gasteiger partial charge on any atom is -0.495 e. The number of amides is 1. The molecule has 1 aliphatic rings. The minimum atomic E-state index is -4.84. The molecule has 0 radical (unpaired) electrons. The number of alkyl halides is 3. The number of carbonyl (C=O) groups excluding carboxylic acids is 1. The smallest absolute Gasteiger partial charge is 0.435 e. The average Bonchev–Trinajstić information content (AvgIpc) is 3.30. The third kappa shape index (κ3) is 5.25. The molecular weight excluding hydrogens is 564 g/mol. The number of oxime groups is 1. The molecule has 1 amide bonds. The van der Waals surface area contributed by atoms with Crippen LogP contribution in [0.25, 0.3) is 0 Å². The molecule has 3 aromatic rings. The lowest BCUT2D eigenvalue weighted by Gasteiger charge is -2.29. The summed E-state index contributed by atoms with van der Waals surface area (Å²) >= 11 is 11.9. The summed E-state index contributed by atoms with van der Waals surface area (Å²) in [6, 6.07) is 14.5. The molecule has 0 aliphatic carbocycles. The number of benzene rings is 3. The standard InChI is InChI=1S/C26H21Cl2F3N2O4S/c1-15-10-16(8-9-20(15)24(34)33-38(3,35)23-7-5-4-6-22(23)36-2)21-14-25(37-32-21,26(29,30)31)17-11-18(27)13-19(28)12-17/h4-13H,14H2,1-3H3. The summed E-state index contributed by atoms with van der Waals surface area (Å²) in [5, 5.41) is 3.79. The molecular formula is C26H21Cl2F3N2O4S. The first-order valence-corrected chi connectivity index (χ1v) is 13.7. The highest BCUT2D eigenvalue weighted by Crippen LogP contribution is 2.49. The number of ether oxygens (including phenoxy) is 1. The van der Waals surface area contributed by atoms with Crippen LogP contribution in [0.1, 0.15) is 33.5 Å². The van der Waals surface area contributed by atoms with Crippen LogP contribution in [0.15, 0.2) is 75.1 Å². The zero-order chi connectivity index (χ0) is 27.9. The Bertz CT molecular complexity index is 1560. The lowest BCUT2D eigenvalue weighted by atomic mass is 9.86. The van der Waals surface area contributed by atoms with Crippen LogP contribution in [-0.4, -0.2) is 35.4 Å². The second-order valence-corrected chi connectivity index (χ2v) is 11.8. The molecule has 0 spiro atoms. The Morgan fingerprint density at radius 3 is 2.37 bits per heavy atom. The van der Waals surface area contributed by atoms with Gasteiger partial charge in [0.05, 0.1) is 27.4 Å². The summed E-state index contributed by atoms with van der Waals surface area (Å²) in [5.74, 6) is -0.410. The molecule has 0 saturated carbocycles. The fourth-order valence-electron chi connectivity index (χ4n) is 4.12. The van der Waals surface area contributed by atoms with Gasteiger partial charge in [0.25, 0.3) is 11.5 Å². The molecule has 200 valence electrons. The summed E-state index contributed by atoms with van der Waals surface area (Å²) in [5.41, 5.74) is -2.17. The number of halogens is 5. The molecule has 2 atom stereocenters. The number of methoxy groups -OCH3 is 1. The van der Waals surface area contributed by atoms with Gasteiger partial charge in [-0.05, 0) is 60.5 Å². The SMILES string of the molecule is COc1ccccc1S(C)(=O)=NC(=O)c1ccc(C2=NOC(c3cc(Cl)cc(Cl)c3)(C(F)(F)F)C2)cc1C. The maximum absolute atomic E-state index is 14.3. The van der Waals surface area contributed by atoms with E-state index in [-0.39, 0.29) is 31.8 Å². The van der Waals surface area contributed by atoms with Crippen LogP contribution in [-0.2, 0) is 20.2 Å². The number of carbonyl (C=O) groups is 1. The molecule has 1 aliphatic heterocycles. The van der Waals surface area contributed by atoms with E-state index in [1.54, 1.807) is 31.2 Å². The van der Waals surface area contributed by atoms with E-state index in [0.29, 0.717) is 16.9 Å². The number of hydrogen-bond acceptors (Lipinski definition) is 5. The summed E-state index contributed by atoms with van der Waals surface area (Å²) in [6.07, 6.45) is -4.15. The molecule has 0 fully saturated rings. The van der Waals surface area contributed by atoms with Crippen LogP contribution in [0.5, 0.6) is 5.75 Å². The van der Waals surface area contributed by atoms with Gasteiger partial charge in [-0.1, -0.05) is 46.6 Å². The molecule has 0 saturated heterocycles. The highest BCUT2D eigenvalue weighted by atomic mass is 35.5. The molecule has 0 bridgehead atoms. The molecule has 6 nitrogen and oxygen atoms in total. The van der Waals surface area contributed by atoms with Crippen molar-refractivity contribution in [3.05, 3.63) is 93.0 Å². The predicted octanol–water partition coefficient (Wildman–Crippen LogP) is 7.19. The van der Waals surface area contributed by atoms with Crippen molar-refractivity contribution >= 4 is 44.5 Å². The highest BCUT2D eigenvalue weighted by molar-refractivity contribution is 7.93. The number of hydrogen-bond donors (Lipinski definition) is 0. The van der Waals surface area contributed by atoms with Crippen LogP contribution in [0, 0.1) is 6.92 Å². The van der Waals surface area contributed by atoms with E-state index in [1.807, 2.05) is 0 Å². The quantitative estimate of drug-likeness (QED) is 0.318. The Balaban J connectivity index is 1.65. The zero-order valence-electron chi connectivity index (χ0n) is 20.3. The van der Waals surface area contributed by atoms with Crippen molar-refractivity contribution in [3.63, 3.8) is 0 Å². The van der Waals surface area contributed by atoms with Crippen LogP contribution in [0.4, 0.5) is 13.2 Å². The molecule has 4 rings (SSSR count). The number of aryl methyl sites for hydroxylation is 1. The summed E-state index contributed by atoms with van der Waals surface area (Å²) in [4.78, 5) is 18.3. The molecule has 0 aromatic heterocycles. The van der Waals surface area contributed by atoms with E-state index in [2.05, 4.69) is 9.52 Å². The van der Waals surface area contributed by atoms with Crippen molar-refractivity contribution in [1.29, 1.82) is 0 Å². The predicted molar refractivity (Wildman–Crippen MR) is 140 cm³/mol. The van der Waals surface area contributed by atoms with Crippen LogP contribution >= 0.6 is 23.2 Å². The van der Waals surface area contributed by atoms with Crippen molar-refractivity contribution in [2.24, 2.45) is 9.52 Å². The maximum atomic E-state index is 14.3. The van der Waals surface area contributed by atoms with E-state index in [1.165, 1.54) is 37.6 Å². The van der Waals surface area contributed by atoms with Gasteiger partial charge in [0, 0.05) is 33.8 Å². The average molecular weight is 585 g/mol. The minimum absolute atomic E-state index is 0.0192. The van der Waals surface area contributed by atoms with Crippen molar-refractivity contribution < 1.29 is 31.7 Å². The summed E-state index contributed by atoms with van der Waals surface area (Å²) < 4.78 is 65.3. The number of nitrogens with zero attached hydrogens (tertiary/aromatic N) is 2.